The zero-order chi connectivity index (χ0) is 14.0. The van der Waals surface area contributed by atoms with Crippen molar-refractivity contribution in [2.45, 2.75) is 44.9 Å². The van der Waals surface area contributed by atoms with E-state index in [0.717, 1.165) is 5.75 Å². The van der Waals surface area contributed by atoms with E-state index in [-0.39, 0.29) is 24.2 Å². The van der Waals surface area contributed by atoms with Crippen LogP contribution < -0.4 is 10.1 Å². The van der Waals surface area contributed by atoms with Crippen molar-refractivity contribution < 1.29 is 14.3 Å². The van der Waals surface area contributed by atoms with Crippen molar-refractivity contribution in [1.29, 1.82) is 0 Å². The fourth-order valence-corrected chi connectivity index (χ4v) is 2.66. The number of fused-ring (bicyclic) bond motifs is 1. The molecule has 4 atom stereocenters. The Kier molecular flexibility index (Phi) is 4.10. The molecular formula is C15H21NO3. The van der Waals surface area contributed by atoms with Gasteiger partial charge in [-0.3, -0.25) is 10.1 Å². The lowest BCUT2D eigenvalue weighted by atomic mass is 9.93. The van der Waals surface area contributed by atoms with E-state index in [1.54, 1.807) is 6.92 Å². The lowest BCUT2D eigenvalue weighted by molar-refractivity contribution is -0.143. The van der Waals surface area contributed by atoms with Crippen LogP contribution in [-0.4, -0.2) is 31.3 Å². The number of ether oxygens (including phenoxy) is 2. The van der Waals surface area contributed by atoms with Crippen LogP contribution in [0.1, 0.15) is 32.3 Å². The van der Waals surface area contributed by atoms with Gasteiger partial charge in [0.15, 0.2) is 0 Å². The van der Waals surface area contributed by atoms with Crippen LogP contribution in [0.2, 0.25) is 0 Å². The first kappa shape index (κ1) is 13.9. The number of benzene rings is 1. The number of hydrogen-bond acceptors (Lipinski definition) is 4. The molecule has 0 saturated carbocycles. The van der Waals surface area contributed by atoms with Gasteiger partial charge in [-0.15, -0.1) is 0 Å². The van der Waals surface area contributed by atoms with Crippen LogP contribution in [-0.2, 0) is 9.53 Å². The highest BCUT2D eigenvalue weighted by Gasteiger charge is 2.35. The summed E-state index contributed by atoms with van der Waals surface area (Å²) >= 11 is 0. The van der Waals surface area contributed by atoms with Crippen LogP contribution in [0, 0.1) is 0 Å². The lowest BCUT2D eigenvalue weighted by Crippen LogP contribution is -2.48. The van der Waals surface area contributed by atoms with Gasteiger partial charge in [0.2, 0.25) is 0 Å². The van der Waals surface area contributed by atoms with Gasteiger partial charge in [-0.2, -0.15) is 0 Å². The highest BCUT2D eigenvalue weighted by atomic mass is 16.5. The molecule has 19 heavy (non-hydrogen) atoms. The second-order valence-electron chi connectivity index (χ2n) is 5.11. The molecule has 0 aromatic heterocycles. The second-order valence-corrected chi connectivity index (χ2v) is 5.11. The molecule has 0 amide bonds. The predicted octanol–water partition coefficient (Wildman–Crippen LogP) is 2.09. The maximum Gasteiger partial charge on any atom is 0.322 e. The first-order chi connectivity index (χ1) is 9.04. The minimum absolute atomic E-state index is 0.0320. The zero-order valence-corrected chi connectivity index (χ0v) is 11.8. The van der Waals surface area contributed by atoms with Gasteiger partial charge in [0.1, 0.15) is 17.9 Å². The van der Waals surface area contributed by atoms with Crippen molar-refractivity contribution in [2.75, 3.05) is 7.11 Å². The third kappa shape index (κ3) is 2.73. The molecule has 0 saturated heterocycles. The molecule has 0 spiro atoms. The van der Waals surface area contributed by atoms with Crippen LogP contribution in [0.15, 0.2) is 24.3 Å². The topological polar surface area (TPSA) is 47.6 Å². The summed E-state index contributed by atoms with van der Waals surface area (Å²) in [6, 6.07) is 7.81. The van der Waals surface area contributed by atoms with E-state index in [4.69, 9.17) is 9.47 Å². The molecule has 0 radical (unpaired) electrons. The Hall–Kier alpha value is -1.55. The average molecular weight is 263 g/mol. The monoisotopic (exact) mass is 263 g/mol. The van der Waals surface area contributed by atoms with Crippen LogP contribution in [0.3, 0.4) is 0 Å². The predicted molar refractivity (Wildman–Crippen MR) is 73.3 cm³/mol. The van der Waals surface area contributed by atoms with Gasteiger partial charge in [-0.25, -0.2) is 0 Å². The van der Waals surface area contributed by atoms with E-state index in [2.05, 4.69) is 18.3 Å². The molecule has 1 heterocycles. The van der Waals surface area contributed by atoms with E-state index >= 15 is 0 Å². The van der Waals surface area contributed by atoms with Gasteiger partial charge in [0, 0.05) is 17.5 Å². The summed E-state index contributed by atoms with van der Waals surface area (Å²) in [5, 5.41) is 3.24. The van der Waals surface area contributed by atoms with Gasteiger partial charge in [0.05, 0.1) is 7.11 Å². The number of para-hydroxylation sites is 1. The van der Waals surface area contributed by atoms with Crippen molar-refractivity contribution >= 4 is 5.97 Å². The molecule has 0 fully saturated rings. The Labute approximate surface area is 114 Å². The van der Waals surface area contributed by atoms with E-state index in [1.807, 2.05) is 25.1 Å². The summed E-state index contributed by atoms with van der Waals surface area (Å²) in [4.78, 5) is 11.4. The first-order valence-corrected chi connectivity index (χ1v) is 6.64. The molecule has 1 aromatic carbocycles. The number of hydrogen-bond donors (Lipinski definition) is 1. The molecule has 2 rings (SSSR count). The molecule has 0 unspecified atom stereocenters. The SMILES string of the molecule is COC(=O)[C@H](C)N[C@H](C)[C@H]1Oc2ccccc2[C@@H]1C. The van der Waals surface area contributed by atoms with Gasteiger partial charge in [-0.05, 0) is 19.9 Å². The fraction of sp³-hybridized carbons (Fsp3) is 0.533. The molecule has 0 aliphatic carbocycles. The van der Waals surface area contributed by atoms with Gasteiger partial charge < -0.3 is 9.47 Å². The smallest absolute Gasteiger partial charge is 0.322 e. The summed E-state index contributed by atoms with van der Waals surface area (Å²) in [7, 11) is 1.40. The van der Waals surface area contributed by atoms with Gasteiger partial charge in [0.25, 0.3) is 0 Å². The van der Waals surface area contributed by atoms with Crippen LogP contribution >= 0.6 is 0 Å². The summed E-state index contributed by atoms with van der Waals surface area (Å²) in [6.07, 6.45) is 0.0320. The van der Waals surface area contributed by atoms with Crippen molar-refractivity contribution in [3.05, 3.63) is 29.8 Å². The fourth-order valence-electron chi connectivity index (χ4n) is 2.66. The van der Waals surface area contributed by atoms with Crippen molar-refractivity contribution in [3.8, 4) is 5.75 Å². The molecular weight excluding hydrogens is 242 g/mol. The number of carbonyl (C=O) groups excluding carboxylic acids is 1. The van der Waals surface area contributed by atoms with Crippen molar-refractivity contribution in [1.82, 2.24) is 5.32 Å². The molecule has 1 aliphatic heterocycles. The third-order valence-electron chi connectivity index (χ3n) is 3.73. The van der Waals surface area contributed by atoms with E-state index in [0.29, 0.717) is 5.92 Å². The number of nitrogens with one attached hydrogen (secondary N) is 1. The minimum Gasteiger partial charge on any atom is -0.488 e. The summed E-state index contributed by atoms with van der Waals surface area (Å²) in [5.41, 5.74) is 1.23. The summed E-state index contributed by atoms with van der Waals surface area (Å²) in [5.74, 6) is 0.998. The van der Waals surface area contributed by atoms with Crippen molar-refractivity contribution in [2.24, 2.45) is 0 Å². The molecule has 1 aromatic rings. The average Bonchev–Trinajstić information content (AvgIpc) is 2.75. The Morgan fingerprint density at radius 1 is 1.37 bits per heavy atom. The molecule has 1 N–H and O–H groups in total. The number of rotatable bonds is 4. The normalized spacial score (nSPS) is 24.2. The van der Waals surface area contributed by atoms with Crippen LogP contribution in [0.25, 0.3) is 0 Å². The minimum atomic E-state index is -0.334. The molecule has 4 heteroatoms. The quantitative estimate of drug-likeness (QED) is 0.845. The van der Waals surface area contributed by atoms with E-state index in [9.17, 15) is 4.79 Å². The molecule has 0 bridgehead atoms. The van der Waals surface area contributed by atoms with Crippen LogP contribution in [0.4, 0.5) is 0 Å². The number of carbonyl (C=O) groups is 1. The molecule has 1 aliphatic rings. The zero-order valence-electron chi connectivity index (χ0n) is 11.8. The standard InChI is InChI=1S/C15H21NO3/c1-9-12-7-5-6-8-13(12)19-14(9)10(2)16-11(3)15(17)18-4/h5-11,14,16H,1-4H3/t9-,10+,11-,14-/m0/s1. The Morgan fingerprint density at radius 2 is 2.05 bits per heavy atom. The van der Waals surface area contributed by atoms with Gasteiger partial charge >= 0.3 is 5.97 Å². The summed E-state index contributed by atoms with van der Waals surface area (Å²) < 4.78 is 10.7. The molecule has 104 valence electrons. The maximum atomic E-state index is 11.4. The Bertz CT molecular complexity index is 460. The second kappa shape index (κ2) is 5.61. The highest BCUT2D eigenvalue weighted by molar-refractivity contribution is 5.75. The summed E-state index contributed by atoms with van der Waals surface area (Å²) in [6.45, 7) is 5.99. The van der Waals surface area contributed by atoms with E-state index in [1.165, 1.54) is 12.7 Å². The third-order valence-corrected chi connectivity index (χ3v) is 3.73. The van der Waals surface area contributed by atoms with Crippen LogP contribution in [0.5, 0.6) is 5.75 Å². The Balaban J connectivity index is 2.03. The molecule has 4 nitrogen and oxygen atoms in total. The Morgan fingerprint density at radius 3 is 2.68 bits per heavy atom. The number of methoxy groups -OCH3 is 1. The maximum absolute atomic E-state index is 11.4. The van der Waals surface area contributed by atoms with Gasteiger partial charge in [-0.1, -0.05) is 25.1 Å². The first-order valence-electron chi connectivity index (χ1n) is 6.64. The number of esters is 1. The lowest BCUT2D eigenvalue weighted by Gasteiger charge is -2.26. The van der Waals surface area contributed by atoms with E-state index < -0.39 is 0 Å². The van der Waals surface area contributed by atoms with Crippen molar-refractivity contribution in [3.63, 3.8) is 0 Å². The highest BCUT2D eigenvalue weighted by Crippen LogP contribution is 2.38. The largest absolute Gasteiger partial charge is 0.488 e.